The highest BCUT2D eigenvalue weighted by molar-refractivity contribution is 6.03. The molecule has 39 heavy (non-hydrogen) atoms. The van der Waals surface area contributed by atoms with Crippen molar-refractivity contribution in [1.82, 2.24) is 9.47 Å². The number of nitrogens with zero attached hydrogens (tertiary/aromatic N) is 3. The van der Waals surface area contributed by atoms with Gasteiger partial charge in [-0.25, -0.2) is 0 Å². The van der Waals surface area contributed by atoms with Gasteiger partial charge in [0, 0.05) is 17.8 Å². The maximum absolute atomic E-state index is 14.3. The predicted molar refractivity (Wildman–Crippen MR) is 155 cm³/mol. The summed E-state index contributed by atoms with van der Waals surface area (Å²) in [5.74, 6) is -0.130. The molecule has 6 rings (SSSR count). The Morgan fingerprint density at radius 2 is 1.67 bits per heavy atom. The van der Waals surface area contributed by atoms with Crippen molar-refractivity contribution in [3.8, 4) is 5.69 Å². The number of aryl methyl sites for hydroxylation is 2. The van der Waals surface area contributed by atoms with Gasteiger partial charge in [0.05, 0.1) is 17.1 Å². The van der Waals surface area contributed by atoms with Gasteiger partial charge < -0.3 is 9.47 Å². The van der Waals surface area contributed by atoms with E-state index in [1.54, 1.807) is 4.90 Å². The summed E-state index contributed by atoms with van der Waals surface area (Å²) in [6.45, 7) is 4.31. The Labute approximate surface area is 230 Å². The Hall–Kier alpha value is -4.12. The number of hydrogen-bond acceptors (Lipinski definition) is 2. The number of anilines is 1. The van der Waals surface area contributed by atoms with E-state index in [4.69, 9.17) is 0 Å². The van der Waals surface area contributed by atoms with Gasteiger partial charge in [-0.05, 0) is 80.1 Å². The van der Waals surface area contributed by atoms with Crippen LogP contribution in [0.3, 0.4) is 0 Å². The van der Waals surface area contributed by atoms with Crippen LogP contribution in [0.5, 0.6) is 0 Å². The van der Waals surface area contributed by atoms with Gasteiger partial charge >= 0.3 is 0 Å². The zero-order chi connectivity index (χ0) is 26.9. The molecule has 5 heteroatoms. The number of benzene rings is 3. The molecule has 3 aromatic carbocycles. The average molecular weight is 518 g/mol. The number of fused-ring (bicyclic) bond motifs is 3. The molecule has 1 saturated carbocycles. The summed E-state index contributed by atoms with van der Waals surface area (Å²) in [4.78, 5) is 31.8. The fourth-order valence-corrected chi connectivity index (χ4v) is 5.75. The third kappa shape index (κ3) is 4.89. The summed E-state index contributed by atoms with van der Waals surface area (Å²) in [5.41, 5.74) is 6.98. The minimum Gasteiger partial charge on any atom is -0.326 e. The highest BCUT2D eigenvalue weighted by atomic mass is 16.2. The van der Waals surface area contributed by atoms with Crippen LogP contribution < -0.4 is 4.90 Å². The third-order valence-electron chi connectivity index (χ3n) is 7.92. The lowest BCUT2D eigenvalue weighted by atomic mass is 9.96. The largest absolute Gasteiger partial charge is 0.326 e. The van der Waals surface area contributed by atoms with E-state index >= 15 is 0 Å². The molecule has 2 amide bonds. The van der Waals surface area contributed by atoms with E-state index in [1.807, 2.05) is 47.4 Å². The second kappa shape index (κ2) is 10.6. The van der Waals surface area contributed by atoms with Crippen LogP contribution in [0.15, 0.2) is 91.1 Å². The van der Waals surface area contributed by atoms with Gasteiger partial charge in [-0.3, -0.25) is 14.5 Å². The molecule has 0 bridgehead atoms. The van der Waals surface area contributed by atoms with Gasteiger partial charge in [-0.15, -0.1) is 0 Å². The van der Waals surface area contributed by atoms with Crippen molar-refractivity contribution in [3.05, 3.63) is 119 Å². The van der Waals surface area contributed by atoms with Crippen LogP contribution in [-0.4, -0.2) is 33.9 Å². The number of para-hydroxylation sites is 2. The SMILES string of the molecule is CCCCc1ccc(C(=O)N(CC(=O)N2c3ccccc3-n3cccc3C2c2cccc(C)c2)C2CC2)cc1. The van der Waals surface area contributed by atoms with Crippen molar-refractivity contribution in [2.45, 2.75) is 58.0 Å². The molecule has 5 nitrogen and oxygen atoms in total. The molecule has 1 aliphatic heterocycles. The normalized spacial score (nSPS) is 15.9. The number of rotatable bonds is 8. The number of hydrogen-bond donors (Lipinski definition) is 0. The standard InChI is InChI=1S/C34H35N3O2/c1-3-4-10-25-15-17-26(18-16-25)34(39)36(28-19-20-28)23-32(38)37-30-13-6-5-12-29(30)35-21-8-14-31(35)33(37)27-11-7-9-24(2)22-27/h5-9,11-18,21-22,28,33H,3-4,10,19-20,23H2,1-2H3. The van der Waals surface area contributed by atoms with Crippen molar-refractivity contribution in [1.29, 1.82) is 0 Å². The van der Waals surface area contributed by atoms with Gasteiger partial charge in [0.2, 0.25) is 5.91 Å². The lowest BCUT2D eigenvalue weighted by molar-refractivity contribution is -0.119. The van der Waals surface area contributed by atoms with E-state index in [2.05, 4.69) is 67.1 Å². The van der Waals surface area contributed by atoms with Crippen LogP contribution in [0.2, 0.25) is 0 Å². The van der Waals surface area contributed by atoms with Crippen LogP contribution >= 0.6 is 0 Å². The summed E-state index contributed by atoms with van der Waals surface area (Å²) in [6, 6.07) is 28.3. The minimum absolute atomic E-state index is 0.0540. The van der Waals surface area contributed by atoms with Gasteiger partial charge in [0.25, 0.3) is 5.91 Å². The maximum Gasteiger partial charge on any atom is 0.254 e. The first-order valence-corrected chi connectivity index (χ1v) is 14.1. The lowest BCUT2D eigenvalue weighted by Crippen LogP contribution is -2.47. The Morgan fingerprint density at radius 3 is 2.38 bits per heavy atom. The third-order valence-corrected chi connectivity index (χ3v) is 7.92. The molecular formula is C34H35N3O2. The maximum atomic E-state index is 14.3. The molecule has 1 aromatic heterocycles. The Balaban J connectivity index is 1.34. The van der Waals surface area contributed by atoms with Crippen LogP contribution in [0.25, 0.3) is 5.69 Å². The van der Waals surface area contributed by atoms with Crippen LogP contribution in [-0.2, 0) is 11.2 Å². The van der Waals surface area contributed by atoms with E-state index in [0.717, 1.165) is 60.3 Å². The summed E-state index contributed by atoms with van der Waals surface area (Å²) < 4.78 is 2.18. The average Bonchev–Trinajstić information content (AvgIpc) is 3.69. The summed E-state index contributed by atoms with van der Waals surface area (Å²) in [7, 11) is 0. The molecule has 1 fully saturated rings. The molecular weight excluding hydrogens is 482 g/mol. The molecule has 4 aromatic rings. The first-order chi connectivity index (χ1) is 19.0. The van der Waals surface area contributed by atoms with E-state index in [9.17, 15) is 9.59 Å². The van der Waals surface area contributed by atoms with E-state index < -0.39 is 0 Å². The molecule has 2 aliphatic rings. The minimum atomic E-state index is -0.281. The first-order valence-electron chi connectivity index (χ1n) is 14.1. The van der Waals surface area contributed by atoms with Crippen molar-refractivity contribution < 1.29 is 9.59 Å². The quantitative estimate of drug-likeness (QED) is 0.256. The molecule has 0 saturated heterocycles. The van der Waals surface area contributed by atoms with Gasteiger partial charge in [-0.2, -0.15) is 0 Å². The predicted octanol–water partition coefficient (Wildman–Crippen LogP) is 6.87. The van der Waals surface area contributed by atoms with E-state index in [1.165, 1.54) is 5.56 Å². The topological polar surface area (TPSA) is 45.6 Å². The summed E-state index contributed by atoms with van der Waals surface area (Å²) in [5, 5.41) is 0. The molecule has 2 heterocycles. The molecule has 1 unspecified atom stereocenters. The van der Waals surface area contributed by atoms with E-state index in [-0.39, 0.29) is 30.4 Å². The number of carbonyl (C=O) groups excluding carboxylic acids is 2. The summed E-state index contributed by atoms with van der Waals surface area (Å²) in [6.07, 6.45) is 7.24. The van der Waals surface area contributed by atoms with Crippen molar-refractivity contribution in [2.24, 2.45) is 0 Å². The number of carbonyl (C=O) groups is 2. The highest BCUT2D eigenvalue weighted by Gasteiger charge is 2.40. The highest BCUT2D eigenvalue weighted by Crippen LogP contribution is 2.42. The zero-order valence-electron chi connectivity index (χ0n) is 22.7. The Morgan fingerprint density at radius 1 is 0.897 bits per heavy atom. The molecule has 0 N–H and O–H groups in total. The molecule has 0 spiro atoms. The Kier molecular flexibility index (Phi) is 6.82. The molecule has 0 radical (unpaired) electrons. The second-order valence-electron chi connectivity index (χ2n) is 10.8. The second-order valence-corrected chi connectivity index (χ2v) is 10.8. The van der Waals surface area contributed by atoms with Crippen molar-refractivity contribution in [2.75, 3.05) is 11.4 Å². The molecule has 1 atom stereocenters. The lowest BCUT2D eigenvalue weighted by Gasteiger charge is -2.39. The van der Waals surface area contributed by atoms with Gasteiger partial charge in [0.1, 0.15) is 12.6 Å². The number of amides is 2. The first kappa shape index (κ1) is 25.2. The van der Waals surface area contributed by atoms with Crippen LogP contribution in [0.1, 0.15) is 71.4 Å². The fraction of sp³-hybridized carbons (Fsp3) is 0.294. The van der Waals surface area contributed by atoms with Gasteiger partial charge in [-0.1, -0.05) is 67.4 Å². The molecule has 198 valence electrons. The van der Waals surface area contributed by atoms with Crippen LogP contribution in [0, 0.1) is 6.92 Å². The number of aromatic nitrogens is 1. The monoisotopic (exact) mass is 517 g/mol. The van der Waals surface area contributed by atoms with Crippen molar-refractivity contribution >= 4 is 17.5 Å². The Bertz CT molecular complexity index is 1500. The van der Waals surface area contributed by atoms with Gasteiger partial charge in [0.15, 0.2) is 0 Å². The fourth-order valence-electron chi connectivity index (χ4n) is 5.75. The zero-order valence-corrected chi connectivity index (χ0v) is 22.7. The van der Waals surface area contributed by atoms with Crippen LogP contribution in [0.4, 0.5) is 5.69 Å². The van der Waals surface area contributed by atoms with E-state index in [0.29, 0.717) is 5.56 Å². The smallest absolute Gasteiger partial charge is 0.254 e. The molecule has 1 aliphatic carbocycles. The van der Waals surface area contributed by atoms with Crippen molar-refractivity contribution in [3.63, 3.8) is 0 Å². The number of unbranched alkanes of at least 4 members (excludes halogenated alkanes) is 1. The summed E-state index contributed by atoms with van der Waals surface area (Å²) >= 11 is 0.